The fourth-order valence-corrected chi connectivity index (χ4v) is 2.67. The normalized spacial score (nSPS) is 15.5. The molecule has 0 atom stereocenters. The molecule has 0 unspecified atom stereocenters. The zero-order valence-electron chi connectivity index (χ0n) is 13.0. The van der Waals surface area contributed by atoms with E-state index in [0.717, 1.165) is 0 Å². The number of anilines is 1. The summed E-state index contributed by atoms with van der Waals surface area (Å²) in [5.74, 6) is 3.17. The van der Waals surface area contributed by atoms with Crippen LogP contribution < -0.4 is 14.4 Å². The number of carbonyl (C=O) groups is 2. The van der Waals surface area contributed by atoms with Gasteiger partial charge in [-0.3, -0.25) is 14.5 Å². The fourth-order valence-electron chi connectivity index (χ4n) is 2.67. The molecule has 0 N–H and O–H groups in total. The van der Waals surface area contributed by atoms with Gasteiger partial charge in [-0.25, -0.2) is 0 Å². The van der Waals surface area contributed by atoms with E-state index in [0.29, 0.717) is 41.9 Å². The van der Waals surface area contributed by atoms with Crippen molar-refractivity contribution in [2.45, 2.75) is 32.3 Å². The fraction of sp³-hybridized carbons (Fsp3) is 0.412. The van der Waals surface area contributed by atoms with Crippen molar-refractivity contribution in [3.05, 3.63) is 17.7 Å². The highest BCUT2D eigenvalue weighted by Crippen LogP contribution is 2.46. The minimum Gasteiger partial charge on any atom is -0.493 e. The summed E-state index contributed by atoms with van der Waals surface area (Å²) in [4.78, 5) is 25.4. The molecule has 5 heteroatoms. The van der Waals surface area contributed by atoms with Crippen molar-refractivity contribution in [1.29, 1.82) is 0 Å². The number of rotatable bonds is 5. The molecule has 0 saturated heterocycles. The van der Waals surface area contributed by atoms with Crippen LogP contribution in [-0.2, 0) is 4.79 Å². The summed E-state index contributed by atoms with van der Waals surface area (Å²) in [7, 11) is 1.50. The van der Waals surface area contributed by atoms with E-state index in [9.17, 15) is 9.59 Å². The lowest BCUT2D eigenvalue weighted by molar-refractivity contribution is -0.136. The first-order valence-corrected chi connectivity index (χ1v) is 7.18. The summed E-state index contributed by atoms with van der Waals surface area (Å²) in [6, 6.07) is 3.18. The van der Waals surface area contributed by atoms with Crippen LogP contribution in [0.4, 0.5) is 5.69 Å². The highest BCUT2D eigenvalue weighted by molar-refractivity contribution is 6.04. The van der Waals surface area contributed by atoms with Crippen LogP contribution in [0.2, 0.25) is 0 Å². The number of fused-ring (bicyclic) bond motifs is 1. The van der Waals surface area contributed by atoms with E-state index in [-0.39, 0.29) is 12.5 Å². The summed E-state index contributed by atoms with van der Waals surface area (Å²) in [6.45, 7) is 3.90. The van der Waals surface area contributed by atoms with Gasteiger partial charge in [0, 0.05) is 5.56 Å². The molecule has 1 heterocycles. The van der Waals surface area contributed by atoms with Crippen LogP contribution in [0.1, 0.15) is 37.0 Å². The Labute approximate surface area is 130 Å². The molecule has 0 spiro atoms. The van der Waals surface area contributed by atoms with Crippen molar-refractivity contribution in [3.63, 3.8) is 0 Å². The molecule has 22 heavy (non-hydrogen) atoms. The molecule has 0 aliphatic carbocycles. The minimum absolute atomic E-state index is 0.114. The van der Waals surface area contributed by atoms with Crippen molar-refractivity contribution in [2.75, 3.05) is 18.6 Å². The van der Waals surface area contributed by atoms with E-state index in [2.05, 4.69) is 5.92 Å². The number of nitrogens with zero attached hydrogens (tertiary/aromatic N) is 1. The third-order valence-electron chi connectivity index (χ3n) is 4.03. The predicted molar refractivity (Wildman–Crippen MR) is 83.5 cm³/mol. The third kappa shape index (κ3) is 2.31. The van der Waals surface area contributed by atoms with Gasteiger partial charge in [-0.15, -0.1) is 6.42 Å². The highest BCUT2D eigenvalue weighted by Gasteiger charge is 2.46. The number of ether oxygens (including phenoxy) is 2. The van der Waals surface area contributed by atoms with E-state index >= 15 is 0 Å². The number of terminal acetylenes is 1. The maximum Gasteiger partial charge on any atom is 0.272 e. The van der Waals surface area contributed by atoms with E-state index in [1.165, 1.54) is 12.0 Å². The zero-order chi connectivity index (χ0) is 16.3. The molecule has 1 amide bonds. The maximum atomic E-state index is 12.8. The van der Waals surface area contributed by atoms with Crippen molar-refractivity contribution in [2.24, 2.45) is 0 Å². The van der Waals surface area contributed by atoms with Crippen LogP contribution in [0.25, 0.3) is 0 Å². The van der Waals surface area contributed by atoms with Crippen LogP contribution in [0, 0.1) is 12.3 Å². The third-order valence-corrected chi connectivity index (χ3v) is 4.03. The number of hydrogen-bond donors (Lipinski definition) is 0. The number of amides is 1. The van der Waals surface area contributed by atoms with Crippen molar-refractivity contribution in [3.8, 4) is 23.8 Å². The monoisotopic (exact) mass is 301 g/mol. The summed E-state index contributed by atoms with van der Waals surface area (Å²) in [5.41, 5.74) is -0.0868. The van der Waals surface area contributed by atoms with E-state index in [1.807, 2.05) is 13.8 Å². The van der Waals surface area contributed by atoms with Gasteiger partial charge in [0.2, 0.25) is 0 Å². The van der Waals surface area contributed by atoms with Crippen LogP contribution in [0.3, 0.4) is 0 Å². The summed E-state index contributed by atoms with van der Waals surface area (Å²) in [5, 5.41) is 0. The number of carbonyl (C=O) groups excluding carboxylic acids is 2. The SMILES string of the molecule is C#CCN1C(=O)C(CC)(CC)Oc2c(OC)cc(C=O)cc21. The average Bonchev–Trinajstić information content (AvgIpc) is 2.56. The highest BCUT2D eigenvalue weighted by atomic mass is 16.5. The summed E-state index contributed by atoms with van der Waals surface area (Å²) < 4.78 is 11.4. The quantitative estimate of drug-likeness (QED) is 0.619. The van der Waals surface area contributed by atoms with Gasteiger partial charge in [0.05, 0.1) is 19.3 Å². The average molecular weight is 301 g/mol. The first-order valence-electron chi connectivity index (χ1n) is 7.18. The smallest absolute Gasteiger partial charge is 0.272 e. The van der Waals surface area contributed by atoms with Gasteiger partial charge in [-0.05, 0) is 25.0 Å². The molecule has 1 aliphatic heterocycles. The van der Waals surface area contributed by atoms with Gasteiger partial charge in [0.1, 0.15) is 6.29 Å². The van der Waals surface area contributed by atoms with Crippen molar-refractivity contribution >= 4 is 17.9 Å². The Morgan fingerprint density at radius 1 is 1.41 bits per heavy atom. The molecule has 0 saturated carbocycles. The van der Waals surface area contributed by atoms with Gasteiger partial charge < -0.3 is 9.47 Å². The molecule has 1 aromatic rings. The Morgan fingerprint density at radius 3 is 2.59 bits per heavy atom. The van der Waals surface area contributed by atoms with Crippen molar-refractivity contribution < 1.29 is 19.1 Å². The lowest BCUT2D eigenvalue weighted by Crippen LogP contribution is -2.55. The lowest BCUT2D eigenvalue weighted by atomic mass is 9.92. The van der Waals surface area contributed by atoms with Crippen LogP contribution >= 0.6 is 0 Å². The summed E-state index contributed by atoms with van der Waals surface area (Å²) in [6.07, 6.45) is 7.13. The van der Waals surface area contributed by atoms with Crippen LogP contribution in [-0.4, -0.2) is 31.4 Å². The number of methoxy groups -OCH3 is 1. The molecule has 0 bridgehead atoms. The topological polar surface area (TPSA) is 55.8 Å². The Morgan fingerprint density at radius 2 is 2.09 bits per heavy atom. The number of hydrogen-bond acceptors (Lipinski definition) is 4. The molecule has 0 fully saturated rings. The van der Waals surface area contributed by atoms with Gasteiger partial charge >= 0.3 is 0 Å². The second kappa shape index (κ2) is 6.10. The molecule has 0 aromatic heterocycles. The molecule has 2 rings (SSSR count). The summed E-state index contributed by atoms with van der Waals surface area (Å²) >= 11 is 0. The maximum absolute atomic E-state index is 12.8. The first-order chi connectivity index (χ1) is 10.6. The predicted octanol–water partition coefficient (Wildman–Crippen LogP) is 2.43. The zero-order valence-corrected chi connectivity index (χ0v) is 13.0. The second-order valence-electron chi connectivity index (χ2n) is 5.09. The largest absolute Gasteiger partial charge is 0.493 e. The van der Waals surface area contributed by atoms with Gasteiger partial charge in [0.25, 0.3) is 5.91 Å². The van der Waals surface area contributed by atoms with Crippen molar-refractivity contribution in [1.82, 2.24) is 0 Å². The molecule has 1 aromatic carbocycles. The van der Waals surface area contributed by atoms with E-state index in [4.69, 9.17) is 15.9 Å². The molecule has 116 valence electrons. The molecule has 0 radical (unpaired) electrons. The van der Waals surface area contributed by atoms with Crippen LogP contribution in [0.15, 0.2) is 12.1 Å². The Kier molecular flexibility index (Phi) is 4.41. The molecular weight excluding hydrogens is 282 g/mol. The van der Waals surface area contributed by atoms with E-state index < -0.39 is 5.60 Å². The van der Waals surface area contributed by atoms with Gasteiger partial charge in [-0.1, -0.05) is 19.8 Å². The standard InChI is InChI=1S/C17H19NO4/c1-5-8-18-13-9-12(11-19)10-14(21-4)15(13)22-17(6-2,7-3)16(18)20/h1,9-11H,6-8H2,2-4H3. The second-order valence-corrected chi connectivity index (χ2v) is 5.09. The van der Waals surface area contributed by atoms with Gasteiger partial charge in [-0.2, -0.15) is 0 Å². The Hall–Kier alpha value is -2.48. The number of aldehydes is 1. The number of benzene rings is 1. The van der Waals surface area contributed by atoms with Crippen LogP contribution in [0.5, 0.6) is 11.5 Å². The van der Waals surface area contributed by atoms with Gasteiger partial charge in [0.15, 0.2) is 17.1 Å². The lowest BCUT2D eigenvalue weighted by Gasteiger charge is -2.41. The Bertz CT molecular complexity index is 641. The molecular formula is C17H19NO4. The first kappa shape index (κ1) is 15.9. The Balaban J connectivity index is 2.70. The minimum atomic E-state index is -0.959. The molecule has 5 nitrogen and oxygen atoms in total. The molecule has 1 aliphatic rings. The van der Waals surface area contributed by atoms with E-state index in [1.54, 1.807) is 12.1 Å².